The second-order valence-electron chi connectivity index (χ2n) is 5.21. The molecule has 0 aliphatic heterocycles. The average Bonchev–Trinajstić information content (AvgIpc) is 3.08. The first-order valence-corrected chi connectivity index (χ1v) is 6.10. The summed E-state index contributed by atoms with van der Waals surface area (Å²) in [5.41, 5.74) is 1.14. The first-order valence-electron chi connectivity index (χ1n) is 6.10. The molecule has 2 heteroatoms. The Hall–Kier alpha value is -0.860. The van der Waals surface area contributed by atoms with E-state index in [0.29, 0.717) is 6.04 Å². The van der Waals surface area contributed by atoms with Gasteiger partial charge in [-0.15, -0.1) is 0 Å². The number of hydrogen-bond acceptors (Lipinski definition) is 2. The minimum absolute atomic E-state index is 0.0889. The minimum Gasteiger partial charge on any atom is -0.388 e. The molecule has 2 N–H and O–H groups in total. The summed E-state index contributed by atoms with van der Waals surface area (Å²) in [5, 5.41) is 13.8. The van der Waals surface area contributed by atoms with Gasteiger partial charge in [-0.1, -0.05) is 44.2 Å². The molecule has 0 radical (unpaired) electrons. The summed E-state index contributed by atoms with van der Waals surface area (Å²) in [6.45, 7) is 5.21. The maximum Gasteiger partial charge on any atom is 0.0858 e. The van der Waals surface area contributed by atoms with Crippen LogP contribution in [0.15, 0.2) is 30.3 Å². The SMILES string of the molecule is CC(C)NCC1(C(O)c2ccccc2)CC1. The largest absolute Gasteiger partial charge is 0.388 e. The van der Waals surface area contributed by atoms with Crippen LogP contribution in [-0.2, 0) is 0 Å². The molecule has 1 aliphatic rings. The van der Waals surface area contributed by atoms with Gasteiger partial charge < -0.3 is 10.4 Å². The molecule has 1 aliphatic carbocycles. The highest BCUT2D eigenvalue weighted by Gasteiger charge is 2.48. The molecule has 0 aromatic heterocycles. The van der Waals surface area contributed by atoms with E-state index < -0.39 is 0 Å². The molecular weight excluding hydrogens is 198 g/mol. The first kappa shape index (κ1) is 11.6. The van der Waals surface area contributed by atoms with Gasteiger partial charge in [0, 0.05) is 18.0 Å². The van der Waals surface area contributed by atoms with Gasteiger partial charge in [0.15, 0.2) is 0 Å². The fourth-order valence-electron chi connectivity index (χ4n) is 2.10. The normalized spacial score (nSPS) is 19.8. The third-order valence-electron chi connectivity index (χ3n) is 3.45. The Bertz CT molecular complexity index is 330. The van der Waals surface area contributed by atoms with Gasteiger partial charge in [-0.25, -0.2) is 0 Å². The summed E-state index contributed by atoms with van der Waals surface area (Å²) in [6, 6.07) is 10.5. The van der Waals surface area contributed by atoms with Gasteiger partial charge in [0.1, 0.15) is 0 Å². The van der Waals surface area contributed by atoms with Crippen LogP contribution in [0.2, 0.25) is 0 Å². The second kappa shape index (κ2) is 4.56. The van der Waals surface area contributed by atoms with Crippen molar-refractivity contribution in [3.05, 3.63) is 35.9 Å². The fraction of sp³-hybridized carbons (Fsp3) is 0.571. The number of aliphatic hydroxyl groups excluding tert-OH is 1. The van der Waals surface area contributed by atoms with E-state index in [2.05, 4.69) is 19.2 Å². The lowest BCUT2D eigenvalue weighted by Crippen LogP contribution is -2.33. The lowest BCUT2D eigenvalue weighted by atomic mass is 9.92. The summed E-state index contributed by atoms with van der Waals surface area (Å²) in [7, 11) is 0. The van der Waals surface area contributed by atoms with Crippen LogP contribution in [0.4, 0.5) is 0 Å². The van der Waals surface area contributed by atoms with Crippen LogP contribution in [0.3, 0.4) is 0 Å². The lowest BCUT2D eigenvalue weighted by Gasteiger charge is -2.24. The quantitative estimate of drug-likeness (QED) is 0.797. The molecule has 1 unspecified atom stereocenters. The van der Waals surface area contributed by atoms with Crippen molar-refractivity contribution in [2.75, 3.05) is 6.54 Å². The van der Waals surface area contributed by atoms with Crippen molar-refractivity contribution in [2.45, 2.75) is 38.8 Å². The first-order chi connectivity index (χ1) is 7.64. The molecule has 0 amide bonds. The molecule has 1 aromatic rings. The summed E-state index contributed by atoms with van der Waals surface area (Å²) in [4.78, 5) is 0. The van der Waals surface area contributed by atoms with E-state index in [1.807, 2.05) is 30.3 Å². The summed E-state index contributed by atoms with van der Waals surface area (Å²) in [5.74, 6) is 0. The van der Waals surface area contributed by atoms with Crippen molar-refractivity contribution in [3.63, 3.8) is 0 Å². The van der Waals surface area contributed by atoms with E-state index in [0.717, 1.165) is 24.9 Å². The highest BCUT2D eigenvalue weighted by molar-refractivity contribution is 5.22. The highest BCUT2D eigenvalue weighted by atomic mass is 16.3. The lowest BCUT2D eigenvalue weighted by molar-refractivity contribution is 0.0907. The predicted molar refractivity (Wildman–Crippen MR) is 66.2 cm³/mol. The van der Waals surface area contributed by atoms with E-state index in [1.54, 1.807) is 0 Å². The van der Waals surface area contributed by atoms with E-state index in [-0.39, 0.29) is 11.5 Å². The van der Waals surface area contributed by atoms with Crippen molar-refractivity contribution in [3.8, 4) is 0 Å². The van der Waals surface area contributed by atoms with E-state index in [9.17, 15) is 5.11 Å². The zero-order valence-corrected chi connectivity index (χ0v) is 10.1. The van der Waals surface area contributed by atoms with Gasteiger partial charge >= 0.3 is 0 Å². The fourth-order valence-corrected chi connectivity index (χ4v) is 2.10. The molecular formula is C14H21NO. The van der Waals surface area contributed by atoms with Crippen LogP contribution in [0.5, 0.6) is 0 Å². The molecule has 0 bridgehead atoms. The van der Waals surface area contributed by atoms with Crippen molar-refractivity contribution in [1.82, 2.24) is 5.32 Å². The molecule has 0 heterocycles. The van der Waals surface area contributed by atoms with Crippen LogP contribution >= 0.6 is 0 Å². The van der Waals surface area contributed by atoms with Crippen molar-refractivity contribution >= 4 is 0 Å². The molecule has 2 nitrogen and oxygen atoms in total. The Kier molecular flexibility index (Phi) is 3.31. The number of rotatable bonds is 5. The van der Waals surface area contributed by atoms with E-state index in [1.165, 1.54) is 0 Å². The smallest absolute Gasteiger partial charge is 0.0858 e. The molecule has 16 heavy (non-hydrogen) atoms. The number of benzene rings is 1. The van der Waals surface area contributed by atoms with Crippen molar-refractivity contribution in [1.29, 1.82) is 0 Å². The molecule has 88 valence electrons. The van der Waals surface area contributed by atoms with Gasteiger partial charge in [0.05, 0.1) is 6.10 Å². The molecule has 0 spiro atoms. The Morgan fingerprint density at radius 1 is 1.25 bits per heavy atom. The Morgan fingerprint density at radius 2 is 1.88 bits per heavy atom. The van der Waals surface area contributed by atoms with E-state index >= 15 is 0 Å². The second-order valence-corrected chi connectivity index (χ2v) is 5.21. The summed E-state index contributed by atoms with van der Waals surface area (Å²) >= 11 is 0. The highest BCUT2D eigenvalue weighted by Crippen LogP contribution is 2.54. The van der Waals surface area contributed by atoms with Crippen molar-refractivity contribution in [2.24, 2.45) is 5.41 Å². The van der Waals surface area contributed by atoms with Crippen LogP contribution in [0, 0.1) is 5.41 Å². The van der Waals surface area contributed by atoms with E-state index in [4.69, 9.17) is 0 Å². The predicted octanol–water partition coefficient (Wildman–Crippen LogP) is 2.50. The monoisotopic (exact) mass is 219 g/mol. The van der Waals surface area contributed by atoms with Gasteiger partial charge in [0.25, 0.3) is 0 Å². The summed E-state index contributed by atoms with van der Waals surface area (Å²) in [6.07, 6.45) is 1.94. The molecule has 1 aromatic carbocycles. The average molecular weight is 219 g/mol. The molecule has 1 fully saturated rings. The van der Waals surface area contributed by atoms with Gasteiger partial charge in [-0.2, -0.15) is 0 Å². The molecule has 2 rings (SSSR count). The third-order valence-corrected chi connectivity index (χ3v) is 3.45. The zero-order chi connectivity index (χ0) is 11.6. The standard InChI is InChI=1S/C14H21NO/c1-11(2)15-10-14(8-9-14)13(16)12-6-4-3-5-7-12/h3-7,11,13,15-16H,8-10H2,1-2H3. The maximum absolute atomic E-state index is 10.4. The topological polar surface area (TPSA) is 32.3 Å². The number of hydrogen-bond donors (Lipinski definition) is 2. The van der Waals surface area contributed by atoms with Crippen LogP contribution in [0.25, 0.3) is 0 Å². The van der Waals surface area contributed by atoms with Crippen LogP contribution in [-0.4, -0.2) is 17.7 Å². The Morgan fingerprint density at radius 3 is 2.38 bits per heavy atom. The van der Waals surface area contributed by atoms with Crippen molar-refractivity contribution < 1.29 is 5.11 Å². The van der Waals surface area contributed by atoms with Gasteiger partial charge in [0.2, 0.25) is 0 Å². The Balaban J connectivity index is 2.01. The molecule has 1 atom stereocenters. The Labute approximate surface area is 97.7 Å². The third kappa shape index (κ3) is 2.45. The zero-order valence-electron chi connectivity index (χ0n) is 10.1. The number of nitrogens with one attached hydrogen (secondary N) is 1. The summed E-state index contributed by atoms with van der Waals surface area (Å²) < 4.78 is 0. The van der Waals surface area contributed by atoms with Crippen LogP contribution in [0.1, 0.15) is 38.4 Å². The van der Waals surface area contributed by atoms with Gasteiger partial charge in [-0.3, -0.25) is 0 Å². The maximum atomic E-state index is 10.4. The number of aliphatic hydroxyl groups is 1. The molecule has 0 saturated heterocycles. The molecule has 1 saturated carbocycles. The minimum atomic E-state index is -0.319. The van der Waals surface area contributed by atoms with Crippen LogP contribution < -0.4 is 5.32 Å². The van der Waals surface area contributed by atoms with Gasteiger partial charge in [-0.05, 0) is 18.4 Å².